The topological polar surface area (TPSA) is 76.7 Å². The zero-order chi connectivity index (χ0) is 23.5. The van der Waals surface area contributed by atoms with Gasteiger partial charge in [-0.2, -0.15) is 0 Å². The lowest BCUT2D eigenvalue weighted by atomic mass is 9.98. The lowest BCUT2D eigenvalue weighted by Gasteiger charge is -2.38. The van der Waals surface area contributed by atoms with Gasteiger partial charge in [-0.05, 0) is 35.2 Å². The highest BCUT2D eigenvalue weighted by Crippen LogP contribution is 2.30. The molecule has 0 bridgehead atoms. The van der Waals surface area contributed by atoms with Crippen LogP contribution in [0.25, 0.3) is 22.2 Å². The van der Waals surface area contributed by atoms with Crippen LogP contribution in [0.5, 0.6) is 0 Å². The fourth-order valence-electron chi connectivity index (χ4n) is 4.57. The Morgan fingerprint density at radius 2 is 1.79 bits per heavy atom. The predicted octanol–water partition coefficient (Wildman–Crippen LogP) is 3.80. The summed E-state index contributed by atoms with van der Waals surface area (Å²) in [5, 5.41) is 3.49. The number of esters is 1. The average molecular weight is 458 g/mol. The zero-order valence-electron chi connectivity index (χ0n) is 19.1. The number of rotatable bonds is 6. The lowest BCUT2D eigenvalue weighted by molar-refractivity contribution is -0.144. The van der Waals surface area contributed by atoms with Gasteiger partial charge in [0.05, 0.1) is 11.2 Å². The zero-order valence-corrected chi connectivity index (χ0v) is 19.1. The fourth-order valence-corrected chi connectivity index (χ4v) is 4.57. The molecule has 1 unspecified atom stereocenters. The SMILES string of the molecule is CC(=O)OCn1c(=O)oc2c(N3CCNCC3Cc3ccc(-c4ccccc4)cc3)cccc21. The maximum absolute atomic E-state index is 12.5. The van der Waals surface area contributed by atoms with Crippen LogP contribution >= 0.6 is 0 Å². The van der Waals surface area contributed by atoms with Crippen molar-refractivity contribution in [2.45, 2.75) is 26.1 Å². The summed E-state index contributed by atoms with van der Waals surface area (Å²) in [6, 6.07) is 25.0. The summed E-state index contributed by atoms with van der Waals surface area (Å²) in [5.74, 6) is -0.982. The van der Waals surface area contributed by atoms with E-state index < -0.39 is 11.7 Å². The van der Waals surface area contributed by atoms with Crippen LogP contribution in [-0.2, 0) is 22.7 Å². The number of carbonyl (C=O) groups excluding carboxylic acids is 1. The first-order valence-corrected chi connectivity index (χ1v) is 11.5. The Bertz CT molecular complexity index is 1340. The van der Waals surface area contributed by atoms with E-state index in [1.165, 1.54) is 28.2 Å². The summed E-state index contributed by atoms with van der Waals surface area (Å²) in [7, 11) is 0. The van der Waals surface area contributed by atoms with E-state index in [0.29, 0.717) is 11.1 Å². The number of hydrogen-bond donors (Lipinski definition) is 1. The minimum atomic E-state index is -0.535. The van der Waals surface area contributed by atoms with Crippen molar-refractivity contribution in [3.8, 4) is 11.1 Å². The molecule has 1 saturated heterocycles. The molecule has 1 aliphatic heterocycles. The summed E-state index contributed by atoms with van der Waals surface area (Å²) in [4.78, 5) is 26.0. The summed E-state index contributed by atoms with van der Waals surface area (Å²) in [6.07, 6.45) is 0.858. The minimum absolute atomic E-state index is 0.163. The van der Waals surface area contributed by atoms with E-state index in [1.54, 1.807) is 0 Å². The van der Waals surface area contributed by atoms with Gasteiger partial charge in [-0.3, -0.25) is 4.79 Å². The van der Waals surface area contributed by atoms with Crippen LogP contribution in [0, 0.1) is 0 Å². The quantitative estimate of drug-likeness (QED) is 0.444. The van der Waals surface area contributed by atoms with E-state index in [-0.39, 0.29) is 12.8 Å². The van der Waals surface area contributed by atoms with Crippen molar-refractivity contribution in [1.29, 1.82) is 0 Å². The summed E-state index contributed by atoms with van der Waals surface area (Å²) >= 11 is 0. The van der Waals surface area contributed by atoms with E-state index in [1.807, 2.05) is 36.4 Å². The van der Waals surface area contributed by atoms with Gasteiger partial charge in [0.15, 0.2) is 12.3 Å². The second-order valence-electron chi connectivity index (χ2n) is 8.50. The highest BCUT2D eigenvalue weighted by Gasteiger charge is 2.26. The van der Waals surface area contributed by atoms with Gasteiger partial charge in [-0.25, -0.2) is 9.36 Å². The van der Waals surface area contributed by atoms with E-state index in [2.05, 4.69) is 46.6 Å². The van der Waals surface area contributed by atoms with Gasteiger partial charge in [0.1, 0.15) is 0 Å². The van der Waals surface area contributed by atoms with Crippen LogP contribution in [0.2, 0.25) is 0 Å². The number of hydrogen-bond acceptors (Lipinski definition) is 6. The number of para-hydroxylation sites is 1. The molecule has 174 valence electrons. The molecule has 2 heterocycles. The summed E-state index contributed by atoms with van der Waals surface area (Å²) in [6.45, 7) is 3.62. The second-order valence-corrected chi connectivity index (χ2v) is 8.50. The Labute approximate surface area is 197 Å². The maximum atomic E-state index is 12.5. The van der Waals surface area contributed by atoms with Crippen molar-refractivity contribution in [2.75, 3.05) is 24.5 Å². The number of fused-ring (bicyclic) bond motifs is 1. The number of ether oxygens (including phenoxy) is 1. The standard InChI is InChI=1S/C27H27N3O4/c1-19(31)33-18-30-25-9-5-8-24(26(25)34-27(30)32)29-15-14-28-17-23(29)16-20-10-12-22(13-11-20)21-6-3-2-4-7-21/h2-13,23,28H,14-18H2,1H3. The van der Waals surface area contributed by atoms with E-state index in [0.717, 1.165) is 31.7 Å². The molecule has 0 spiro atoms. The third-order valence-corrected chi connectivity index (χ3v) is 6.26. The summed E-state index contributed by atoms with van der Waals surface area (Å²) in [5.41, 5.74) is 5.67. The van der Waals surface area contributed by atoms with Gasteiger partial charge in [-0.1, -0.05) is 60.7 Å². The smallest absolute Gasteiger partial charge is 0.422 e. The molecular weight excluding hydrogens is 430 g/mol. The van der Waals surface area contributed by atoms with Gasteiger partial charge in [0.25, 0.3) is 0 Å². The van der Waals surface area contributed by atoms with Crippen molar-refractivity contribution in [2.24, 2.45) is 0 Å². The number of aromatic nitrogens is 1. The molecule has 0 aliphatic carbocycles. The maximum Gasteiger partial charge on any atom is 0.422 e. The molecule has 0 radical (unpaired) electrons. The average Bonchev–Trinajstić information content (AvgIpc) is 3.19. The van der Waals surface area contributed by atoms with Crippen LogP contribution in [0.3, 0.4) is 0 Å². The second kappa shape index (κ2) is 9.57. The molecular formula is C27H27N3O4. The van der Waals surface area contributed by atoms with Crippen LogP contribution in [0.1, 0.15) is 12.5 Å². The number of carbonyl (C=O) groups is 1. The number of nitrogens with one attached hydrogen (secondary N) is 1. The van der Waals surface area contributed by atoms with Crippen LogP contribution < -0.4 is 16.0 Å². The van der Waals surface area contributed by atoms with Crippen LogP contribution in [0.4, 0.5) is 5.69 Å². The van der Waals surface area contributed by atoms with E-state index in [9.17, 15) is 9.59 Å². The van der Waals surface area contributed by atoms with E-state index >= 15 is 0 Å². The lowest BCUT2D eigenvalue weighted by Crippen LogP contribution is -2.52. The number of anilines is 1. The number of piperazine rings is 1. The summed E-state index contributed by atoms with van der Waals surface area (Å²) < 4.78 is 12.0. The first-order valence-electron chi connectivity index (χ1n) is 11.5. The molecule has 1 aromatic heterocycles. The largest absolute Gasteiger partial charge is 0.444 e. The van der Waals surface area contributed by atoms with Gasteiger partial charge in [0, 0.05) is 32.6 Å². The van der Waals surface area contributed by atoms with Crippen molar-refractivity contribution in [1.82, 2.24) is 9.88 Å². The van der Waals surface area contributed by atoms with Crippen molar-refractivity contribution < 1.29 is 13.9 Å². The third-order valence-electron chi connectivity index (χ3n) is 6.26. The number of oxazole rings is 1. The molecule has 1 aliphatic rings. The number of benzene rings is 3. The monoisotopic (exact) mass is 457 g/mol. The molecule has 1 atom stereocenters. The molecule has 1 N–H and O–H groups in total. The van der Waals surface area contributed by atoms with Crippen LogP contribution in [-0.4, -0.2) is 36.2 Å². The van der Waals surface area contributed by atoms with Crippen LogP contribution in [0.15, 0.2) is 82.0 Å². The van der Waals surface area contributed by atoms with Gasteiger partial charge < -0.3 is 19.4 Å². The molecule has 4 aromatic rings. The Morgan fingerprint density at radius 1 is 1.03 bits per heavy atom. The van der Waals surface area contributed by atoms with Crippen molar-refractivity contribution in [3.63, 3.8) is 0 Å². The predicted molar refractivity (Wildman–Crippen MR) is 132 cm³/mol. The van der Waals surface area contributed by atoms with E-state index in [4.69, 9.17) is 9.15 Å². The van der Waals surface area contributed by atoms with Gasteiger partial charge >= 0.3 is 11.7 Å². The molecule has 1 fully saturated rings. The molecule has 3 aromatic carbocycles. The molecule has 34 heavy (non-hydrogen) atoms. The van der Waals surface area contributed by atoms with Crippen molar-refractivity contribution >= 4 is 22.8 Å². The molecule has 0 amide bonds. The van der Waals surface area contributed by atoms with Gasteiger partial charge in [0.2, 0.25) is 0 Å². The normalized spacial score (nSPS) is 16.0. The first-order chi connectivity index (χ1) is 16.6. The fraction of sp³-hybridized carbons (Fsp3) is 0.259. The highest BCUT2D eigenvalue weighted by atomic mass is 16.5. The Kier molecular flexibility index (Phi) is 6.18. The minimum Gasteiger partial charge on any atom is -0.444 e. The molecule has 5 rings (SSSR count). The molecule has 7 heteroatoms. The Balaban J connectivity index is 1.41. The number of nitrogens with zero attached hydrogens (tertiary/aromatic N) is 2. The molecule has 7 nitrogen and oxygen atoms in total. The van der Waals surface area contributed by atoms with Crippen molar-refractivity contribution in [3.05, 3.63) is 88.9 Å². The van der Waals surface area contributed by atoms with Gasteiger partial charge in [-0.15, -0.1) is 0 Å². The Hall–Kier alpha value is -3.84. The highest BCUT2D eigenvalue weighted by molar-refractivity contribution is 5.87. The molecule has 0 saturated carbocycles. The third kappa shape index (κ3) is 4.47. The Morgan fingerprint density at radius 3 is 2.56 bits per heavy atom. The first kappa shape index (κ1) is 22.0.